The summed E-state index contributed by atoms with van der Waals surface area (Å²) in [5.41, 5.74) is 0. The molecule has 3 nitrogen and oxygen atoms in total. The molecular weight excluding hydrogens is 180 g/mol. The molecule has 2 unspecified atom stereocenters. The normalized spacial score (nSPS) is 15.1. The van der Waals surface area contributed by atoms with Crippen molar-refractivity contribution in [2.75, 3.05) is 13.2 Å². The molecule has 0 radical (unpaired) electrons. The molecule has 0 rings (SSSR count). The van der Waals surface area contributed by atoms with Gasteiger partial charge in [-0.1, -0.05) is 13.8 Å². The minimum atomic E-state index is 0.153. The van der Waals surface area contributed by atoms with E-state index in [1.54, 1.807) is 0 Å². The lowest BCUT2D eigenvalue weighted by molar-refractivity contribution is -0.119. The molecule has 0 aromatic carbocycles. The minimum absolute atomic E-state index is 0.153. The van der Waals surface area contributed by atoms with Gasteiger partial charge in [0.05, 0.1) is 0 Å². The topological polar surface area (TPSA) is 57.5 Å². The van der Waals surface area contributed by atoms with Crippen molar-refractivity contribution in [3.63, 3.8) is 0 Å². The summed E-state index contributed by atoms with van der Waals surface area (Å²) in [6, 6.07) is 0. The van der Waals surface area contributed by atoms with Gasteiger partial charge in [0.1, 0.15) is 5.78 Å². The average Bonchev–Trinajstić information content (AvgIpc) is 2.22. The number of hydrogen-bond acceptors (Lipinski definition) is 3. The second kappa shape index (κ2) is 7.94. The second-order valence-electron chi connectivity index (χ2n) is 4.19. The van der Waals surface area contributed by atoms with Crippen molar-refractivity contribution in [3.05, 3.63) is 0 Å². The molecular formula is C11H22O3. The van der Waals surface area contributed by atoms with Gasteiger partial charge in [-0.15, -0.1) is 0 Å². The maximum absolute atomic E-state index is 11.3. The zero-order valence-corrected chi connectivity index (χ0v) is 9.20. The van der Waals surface area contributed by atoms with Crippen molar-refractivity contribution in [2.45, 2.75) is 39.5 Å². The molecule has 2 atom stereocenters. The van der Waals surface area contributed by atoms with Crippen LogP contribution in [0.25, 0.3) is 0 Å². The SMILES string of the molecule is CC(CO)CCC(=O)CCC(C)CO. The Hall–Kier alpha value is -0.410. The van der Waals surface area contributed by atoms with Crippen LogP contribution < -0.4 is 0 Å². The number of Topliss-reactive ketones (excluding diaryl/α,β-unsaturated/α-hetero) is 1. The predicted octanol–water partition coefficient (Wildman–Crippen LogP) is 1.37. The third-order valence-corrected chi connectivity index (χ3v) is 2.46. The van der Waals surface area contributed by atoms with E-state index in [0.29, 0.717) is 12.8 Å². The summed E-state index contributed by atoms with van der Waals surface area (Å²) in [6.07, 6.45) is 2.64. The quantitative estimate of drug-likeness (QED) is 0.625. The van der Waals surface area contributed by atoms with Crippen LogP contribution in [0.5, 0.6) is 0 Å². The molecule has 0 saturated heterocycles. The fraction of sp³-hybridized carbons (Fsp3) is 0.909. The van der Waals surface area contributed by atoms with E-state index in [-0.39, 0.29) is 30.8 Å². The van der Waals surface area contributed by atoms with Crippen LogP contribution in [0.3, 0.4) is 0 Å². The molecule has 0 bridgehead atoms. The second-order valence-corrected chi connectivity index (χ2v) is 4.19. The lowest BCUT2D eigenvalue weighted by atomic mass is 9.99. The summed E-state index contributed by atoms with van der Waals surface area (Å²) in [5, 5.41) is 17.5. The fourth-order valence-corrected chi connectivity index (χ4v) is 1.12. The van der Waals surface area contributed by atoms with Gasteiger partial charge in [-0.25, -0.2) is 0 Å². The number of aliphatic hydroxyl groups excluding tert-OH is 2. The van der Waals surface area contributed by atoms with Gasteiger partial charge in [-0.05, 0) is 24.7 Å². The molecule has 0 saturated carbocycles. The summed E-state index contributed by atoms with van der Waals surface area (Å²) < 4.78 is 0. The number of hydrogen-bond donors (Lipinski definition) is 2. The first kappa shape index (κ1) is 13.6. The van der Waals surface area contributed by atoms with Crippen LogP contribution in [0.2, 0.25) is 0 Å². The molecule has 0 heterocycles. The molecule has 0 aromatic heterocycles. The summed E-state index contributed by atoms with van der Waals surface area (Å²) in [4.78, 5) is 11.3. The van der Waals surface area contributed by atoms with Crippen molar-refractivity contribution in [3.8, 4) is 0 Å². The number of carbonyl (C=O) groups is 1. The number of aliphatic hydroxyl groups is 2. The molecule has 0 spiro atoms. The molecule has 84 valence electrons. The highest BCUT2D eigenvalue weighted by Crippen LogP contribution is 2.10. The van der Waals surface area contributed by atoms with Crippen molar-refractivity contribution in [1.82, 2.24) is 0 Å². The summed E-state index contributed by atoms with van der Waals surface area (Å²) in [5.74, 6) is 0.675. The van der Waals surface area contributed by atoms with E-state index in [4.69, 9.17) is 10.2 Å². The summed E-state index contributed by atoms with van der Waals surface area (Å²) in [7, 11) is 0. The van der Waals surface area contributed by atoms with Gasteiger partial charge < -0.3 is 10.2 Å². The number of rotatable bonds is 8. The number of carbonyl (C=O) groups excluding carboxylic acids is 1. The average molecular weight is 202 g/mol. The van der Waals surface area contributed by atoms with Crippen LogP contribution in [0.1, 0.15) is 39.5 Å². The summed E-state index contributed by atoms with van der Waals surface area (Å²) >= 11 is 0. The Labute approximate surface area is 86.1 Å². The Morgan fingerprint density at radius 1 is 1.00 bits per heavy atom. The molecule has 2 N–H and O–H groups in total. The van der Waals surface area contributed by atoms with Gasteiger partial charge in [-0.2, -0.15) is 0 Å². The molecule has 0 aliphatic heterocycles. The van der Waals surface area contributed by atoms with Crippen LogP contribution in [0.4, 0.5) is 0 Å². The summed E-state index contributed by atoms with van der Waals surface area (Å²) in [6.45, 7) is 4.17. The van der Waals surface area contributed by atoms with E-state index in [1.807, 2.05) is 13.8 Å². The molecule has 3 heteroatoms. The van der Waals surface area contributed by atoms with E-state index < -0.39 is 0 Å². The Morgan fingerprint density at radius 3 is 1.64 bits per heavy atom. The molecule has 0 aliphatic rings. The predicted molar refractivity (Wildman–Crippen MR) is 56.0 cm³/mol. The zero-order chi connectivity index (χ0) is 11.0. The Bertz CT molecular complexity index is 141. The van der Waals surface area contributed by atoms with Gasteiger partial charge in [0.15, 0.2) is 0 Å². The van der Waals surface area contributed by atoms with Crippen LogP contribution in [-0.4, -0.2) is 29.2 Å². The van der Waals surface area contributed by atoms with Crippen molar-refractivity contribution < 1.29 is 15.0 Å². The first-order valence-electron chi connectivity index (χ1n) is 5.33. The molecule has 14 heavy (non-hydrogen) atoms. The van der Waals surface area contributed by atoms with E-state index >= 15 is 0 Å². The molecule has 0 aromatic rings. The Morgan fingerprint density at radius 2 is 1.36 bits per heavy atom. The van der Waals surface area contributed by atoms with Crippen molar-refractivity contribution in [2.24, 2.45) is 11.8 Å². The van der Waals surface area contributed by atoms with Crippen LogP contribution in [0, 0.1) is 11.8 Å². The van der Waals surface area contributed by atoms with Gasteiger partial charge in [0, 0.05) is 26.1 Å². The number of ketones is 1. The highest BCUT2D eigenvalue weighted by atomic mass is 16.3. The lowest BCUT2D eigenvalue weighted by Crippen LogP contribution is -2.08. The maximum Gasteiger partial charge on any atom is 0.132 e. The van der Waals surface area contributed by atoms with Crippen molar-refractivity contribution in [1.29, 1.82) is 0 Å². The Balaban J connectivity index is 3.46. The van der Waals surface area contributed by atoms with Crippen LogP contribution in [-0.2, 0) is 4.79 Å². The minimum Gasteiger partial charge on any atom is -0.396 e. The molecule has 0 aliphatic carbocycles. The third kappa shape index (κ3) is 7.04. The third-order valence-electron chi connectivity index (χ3n) is 2.46. The molecule has 0 fully saturated rings. The van der Waals surface area contributed by atoms with Gasteiger partial charge in [0.25, 0.3) is 0 Å². The fourth-order valence-electron chi connectivity index (χ4n) is 1.12. The van der Waals surface area contributed by atoms with E-state index in [1.165, 1.54) is 0 Å². The van der Waals surface area contributed by atoms with E-state index in [2.05, 4.69) is 0 Å². The zero-order valence-electron chi connectivity index (χ0n) is 9.20. The highest BCUT2D eigenvalue weighted by molar-refractivity contribution is 5.78. The van der Waals surface area contributed by atoms with Gasteiger partial charge in [-0.3, -0.25) is 4.79 Å². The van der Waals surface area contributed by atoms with E-state index in [9.17, 15) is 4.79 Å². The highest BCUT2D eigenvalue weighted by Gasteiger charge is 2.08. The van der Waals surface area contributed by atoms with Gasteiger partial charge in [0.2, 0.25) is 0 Å². The van der Waals surface area contributed by atoms with E-state index in [0.717, 1.165) is 12.8 Å². The lowest BCUT2D eigenvalue weighted by Gasteiger charge is -2.08. The largest absolute Gasteiger partial charge is 0.396 e. The first-order valence-corrected chi connectivity index (χ1v) is 5.33. The van der Waals surface area contributed by atoms with Gasteiger partial charge >= 0.3 is 0 Å². The maximum atomic E-state index is 11.3. The standard InChI is InChI=1S/C11H22O3/c1-9(7-12)3-5-11(14)6-4-10(2)8-13/h9-10,12-13H,3-8H2,1-2H3. The monoisotopic (exact) mass is 202 g/mol. The Kier molecular flexibility index (Phi) is 7.71. The first-order chi connectivity index (χ1) is 6.60. The van der Waals surface area contributed by atoms with Crippen LogP contribution >= 0.6 is 0 Å². The van der Waals surface area contributed by atoms with Crippen molar-refractivity contribution >= 4 is 5.78 Å². The smallest absolute Gasteiger partial charge is 0.132 e. The molecule has 0 amide bonds. The van der Waals surface area contributed by atoms with Crippen LogP contribution in [0.15, 0.2) is 0 Å².